The van der Waals surface area contributed by atoms with Gasteiger partial charge in [-0.2, -0.15) is 0 Å². The monoisotopic (exact) mass is 412 g/mol. The van der Waals surface area contributed by atoms with Crippen molar-refractivity contribution < 1.29 is 18.7 Å². The highest BCUT2D eigenvalue weighted by Crippen LogP contribution is 2.21. The van der Waals surface area contributed by atoms with Crippen molar-refractivity contribution in [3.63, 3.8) is 0 Å². The Balaban J connectivity index is 1.57. The predicted molar refractivity (Wildman–Crippen MR) is 114 cm³/mol. The molecule has 0 aliphatic rings. The second-order valence-electron chi connectivity index (χ2n) is 6.63. The average molecular weight is 412 g/mol. The van der Waals surface area contributed by atoms with Crippen LogP contribution in [0, 0.1) is 5.82 Å². The fourth-order valence-electron chi connectivity index (χ4n) is 3.21. The van der Waals surface area contributed by atoms with Crippen LogP contribution in [0.5, 0.6) is 5.75 Å². The minimum atomic E-state index is -0.452. The molecule has 3 N–H and O–H groups in total. The van der Waals surface area contributed by atoms with E-state index in [0.717, 1.165) is 22.0 Å². The molecule has 8 heteroatoms. The van der Waals surface area contributed by atoms with Crippen LogP contribution >= 0.6 is 0 Å². The van der Waals surface area contributed by atoms with Crippen LogP contribution in [0.2, 0.25) is 0 Å². The molecule has 0 radical (unpaired) electrons. The summed E-state index contributed by atoms with van der Waals surface area (Å²) in [5.41, 5.74) is 3.19. The van der Waals surface area contributed by atoms with E-state index in [1.807, 2.05) is 12.3 Å². The number of rotatable bonds is 7. The largest absolute Gasteiger partial charge is 0.496 e. The third-order valence-electron chi connectivity index (χ3n) is 4.77. The molecular weight excluding hydrogens is 387 g/mol. The standard InChI is InChI=1S/C22H25FN4O3/c1-24-22(25-9-8-15-13-26-19-6-5-16(23)11-17(15)19)27-12-14-4-7-20(29-2)18(10-14)21(28)30-3/h4-7,10-11,13,26H,8-9,12H2,1-3H3,(H2,24,25,27). The van der Waals surface area contributed by atoms with E-state index in [9.17, 15) is 9.18 Å². The molecule has 0 unspecified atom stereocenters. The summed E-state index contributed by atoms with van der Waals surface area (Å²) in [6.07, 6.45) is 2.60. The first-order valence-corrected chi connectivity index (χ1v) is 9.51. The lowest BCUT2D eigenvalue weighted by molar-refractivity contribution is 0.0597. The Morgan fingerprint density at radius 3 is 2.73 bits per heavy atom. The van der Waals surface area contributed by atoms with Crippen molar-refractivity contribution in [3.8, 4) is 5.75 Å². The van der Waals surface area contributed by atoms with Gasteiger partial charge in [-0.05, 0) is 47.9 Å². The molecule has 2 aromatic carbocycles. The molecule has 3 rings (SSSR count). The summed E-state index contributed by atoms with van der Waals surface area (Å²) in [5, 5.41) is 7.34. The zero-order valence-corrected chi connectivity index (χ0v) is 17.2. The Morgan fingerprint density at radius 1 is 1.17 bits per heavy atom. The normalized spacial score (nSPS) is 11.4. The van der Waals surface area contributed by atoms with Crippen LogP contribution in [-0.2, 0) is 17.7 Å². The zero-order valence-electron chi connectivity index (χ0n) is 17.2. The number of aliphatic imine (C=N–C) groups is 1. The predicted octanol–water partition coefficient (Wildman–Crippen LogP) is 3.01. The van der Waals surface area contributed by atoms with Gasteiger partial charge in [-0.25, -0.2) is 9.18 Å². The van der Waals surface area contributed by atoms with Crippen molar-refractivity contribution in [1.82, 2.24) is 15.6 Å². The van der Waals surface area contributed by atoms with Crippen molar-refractivity contribution in [3.05, 3.63) is 65.1 Å². The molecule has 158 valence electrons. The lowest BCUT2D eigenvalue weighted by Crippen LogP contribution is -2.37. The minimum absolute atomic E-state index is 0.250. The van der Waals surface area contributed by atoms with Gasteiger partial charge in [-0.1, -0.05) is 6.07 Å². The highest BCUT2D eigenvalue weighted by atomic mass is 19.1. The molecule has 3 aromatic rings. The molecule has 30 heavy (non-hydrogen) atoms. The van der Waals surface area contributed by atoms with Crippen molar-refractivity contribution in [2.75, 3.05) is 27.8 Å². The molecule has 0 spiro atoms. The zero-order chi connectivity index (χ0) is 21.5. The Bertz CT molecular complexity index is 1060. The Kier molecular flexibility index (Phi) is 6.90. The van der Waals surface area contributed by atoms with Crippen molar-refractivity contribution in [1.29, 1.82) is 0 Å². The van der Waals surface area contributed by atoms with E-state index in [1.54, 1.807) is 25.2 Å². The molecule has 0 saturated carbocycles. The molecule has 0 atom stereocenters. The van der Waals surface area contributed by atoms with Gasteiger partial charge in [0.25, 0.3) is 0 Å². The molecule has 0 fully saturated rings. The number of hydrogen-bond acceptors (Lipinski definition) is 4. The van der Waals surface area contributed by atoms with E-state index in [0.29, 0.717) is 36.8 Å². The van der Waals surface area contributed by atoms with Gasteiger partial charge in [0.15, 0.2) is 5.96 Å². The van der Waals surface area contributed by atoms with E-state index in [1.165, 1.54) is 26.4 Å². The van der Waals surface area contributed by atoms with Crippen LogP contribution in [0.3, 0.4) is 0 Å². The first-order valence-electron chi connectivity index (χ1n) is 9.51. The number of esters is 1. The molecule has 0 bridgehead atoms. The third kappa shape index (κ3) is 4.89. The number of ether oxygens (including phenoxy) is 2. The van der Waals surface area contributed by atoms with Crippen LogP contribution in [0.1, 0.15) is 21.5 Å². The van der Waals surface area contributed by atoms with Crippen LogP contribution in [0.25, 0.3) is 10.9 Å². The fraction of sp³-hybridized carbons (Fsp3) is 0.273. The number of carbonyl (C=O) groups is 1. The van der Waals surface area contributed by atoms with Crippen LogP contribution < -0.4 is 15.4 Å². The van der Waals surface area contributed by atoms with Gasteiger partial charge < -0.3 is 25.1 Å². The number of nitrogens with one attached hydrogen (secondary N) is 3. The molecule has 0 aliphatic carbocycles. The molecule has 0 saturated heterocycles. The smallest absolute Gasteiger partial charge is 0.341 e. The number of aromatic amines is 1. The number of methoxy groups -OCH3 is 2. The van der Waals surface area contributed by atoms with E-state index in [2.05, 4.69) is 20.6 Å². The number of fused-ring (bicyclic) bond motifs is 1. The number of nitrogens with zero attached hydrogens (tertiary/aromatic N) is 1. The van der Waals surface area contributed by atoms with Gasteiger partial charge >= 0.3 is 5.97 Å². The number of carbonyl (C=O) groups excluding carboxylic acids is 1. The Labute approximate surface area is 174 Å². The number of halogens is 1. The van der Waals surface area contributed by atoms with Gasteiger partial charge in [0.05, 0.1) is 14.2 Å². The Morgan fingerprint density at radius 2 is 2.00 bits per heavy atom. The topological polar surface area (TPSA) is 87.7 Å². The minimum Gasteiger partial charge on any atom is -0.496 e. The molecule has 1 aromatic heterocycles. The van der Waals surface area contributed by atoms with Gasteiger partial charge in [0.2, 0.25) is 0 Å². The van der Waals surface area contributed by atoms with Crippen molar-refractivity contribution >= 4 is 22.8 Å². The second kappa shape index (κ2) is 9.78. The number of benzene rings is 2. The van der Waals surface area contributed by atoms with E-state index in [-0.39, 0.29) is 5.82 Å². The summed E-state index contributed by atoms with van der Waals surface area (Å²) >= 11 is 0. The summed E-state index contributed by atoms with van der Waals surface area (Å²) in [5.74, 6) is 0.380. The van der Waals surface area contributed by atoms with Gasteiger partial charge in [-0.15, -0.1) is 0 Å². The Hall–Kier alpha value is -3.55. The lowest BCUT2D eigenvalue weighted by atomic mass is 10.1. The molecule has 1 heterocycles. The fourth-order valence-corrected chi connectivity index (χ4v) is 3.21. The van der Waals surface area contributed by atoms with Gasteiger partial charge in [0.1, 0.15) is 17.1 Å². The first kappa shape index (κ1) is 21.2. The summed E-state index contributed by atoms with van der Waals surface area (Å²) in [6, 6.07) is 10.0. The number of guanidine groups is 1. The van der Waals surface area contributed by atoms with Crippen LogP contribution in [0.15, 0.2) is 47.6 Å². The summed E-state index contributed by atoms with van der Waals surface area (Å²) in [6.45, 7) is 1.09. The summed E-state index contributed by atoms with van der Waals surface area (Å²) < 4.78 is 23.5. The highest BCUT2D eigenvalue weighted by Gasteiger charge is 2.13. The molecule has 7 nitrogen and oxygen atoms in total. The van der Waals surface area contributed by atoms with Crippen molar-refractivity contribution in [2.45, 2.75) is 13.0 Å². The molecular formula is C22H25FN4O3. The molecule has 0 aliphatic heterocycles. The van der Waals surface area contributed by atoms with Gasteiger partial charge in [0, 0.05) is 37.2 Å². The van der Waals surface area contributed by atoms with Crippen LogP contribution in [-0.4, -0.2) is 44.7 Å². The number of hydrogen-bond donors (Lipinski definition) is 3. The van der Waals surface area contributed by atoms with Gasteiger partial charge in [-0.3, -0.25) is 4.99 Å². The highest BCUT2D eigenvalue weighted by molar-refractivity contribution is 5.92. The van der Waals surface area contributed by atoms with E-state index >= 15 is 0 Å². The maximum atomic E-state index is 13.5. The maximum absolute atomic E-state index is 13.5. The summed E-state index contributed by atoms with van der Waals surface area (Å²) in [4.78, 5) is 19.3. The quantitative estimate of drug-likeness (QED) is 0.315. The average Bonchev–Trinajstić information content (AvgIpc) is 3.17. The van der Waals surface area contributed by atoms with Crippen molar-refractivity contribution in [2.24, 2.45) is 4.99 Å². The second-order valence-corrected chi connectivity index (χ2v) is 6.63. The van der Waals surface area contributed by atoms with Crippen LogP contribution in [0.4, 0.5) is 4.39 Å². The first-order chi connectivity index (χ1) is 14.5. The molecule has 0 amide bonds. The lowest BCUT2D eigenvalue weighted by Gasteiger charge is -2.13. The maximum Gasteiger partial charge on any atom is 0.341 e. The van der Waals surface area contributed by atoms with E-state index in [4.69, 9.17) is 9.47 Å². The SMILES string of the molecule is CN=C(NCCc1c[nH]c2ccc(F)cc12)NCc1ccc(OC)c(C(=O)OC)c1. The number of aromatic nitrogens is 1. The number of H-pyrrole nitrogens is 1. The third-order valence-corrected chi connectivity index (χ3v) is 4.77. The summed E-state index contributed by atoms with van der Waals surface area (Å²) in [7, 11) is 4.53. The van der Waals surface area contributed by atoms with E-state index < -0.39 is 5.97 Å².